The Balaban J connectivity index is 0.984. The second kappa shape index (κ2) is 14.4. The van der Waals surface area contributed by atoms with Gasteiger partial charge < -0.3 is 18.9 Å². The maximum atomic E-state index is 5.76. The Labute approximate surface area is 212 Å². The molecule has 0 fully saturated rings. The number of hydrogen-bond acceptors (Lipinski definition) is 12. The first-order valence-electron chi connectivity index (χ1n) is 11.3. The fraction of sp³-hybridized carbons (Fsp3) is 0.391. The molecule has 0 atom stereocenters. The minimum Gasteiger partial charge on any atom is -0.475 e. The van der Waals surface area contributed by atoms with E-state index in [9.17, 15) is 0 Å². The van der Waals surface area contributed by atoms with Crippen LogP contribution in [0, 0.1) is 0 Å². The molecule has 4 heterocycles. The van der Waals surface area contributed by atoms with Crippen LogP contribution in [-0.4, -0.2) is 67.1 Å². The maximum absolute atomic E-state index is 5.76. The van der Waals surface area contributed by atoms with Crippen LogP contribution in [0.5, 0.6) is 11.8 Å². The van der Waals surface area contributed by atoms with Crippen LogP contribution in [0.15, 0.2) is 49.1 Å². The minimum atomic E-state index is 0.520. The van der Waals surface area contributed by atoms with Gasteiger partial charge in [0.2, 0.25) is 0 Å². The predicted octanol–water partition coefficient (Wildman–Crippen LogP) is 4.17. The lowest BCUT2D eigenvalue weighted by Gasteiger charge is -2.07. The average Bonchev–Trinajstić information content (AvgIpc) is 3.57. The van der Waals surface area contributed by atoms with Crippen LogP contribution in [0.4, 0.5) is 0 Å². The molecular weight excluding hydrogens is 488 g/mol. The van der Waals surface area contributed by atoms with Crippen molar-refractivity contribution in [2.45, 2.75) is 19.3 Å². The molecule has 4 aromatic heterocycles. The molecular formula is C23H26N6O4S2. The van der Waals surface area contributed by atoms with Crippen molar-refractivity contribution < 1.29 is 18.9 Å². The van der Waals surface area contributed by atoms with Gasteiger partial charge in [0.25, 0.3) is 11.8 Å². The molecule has 35 heavy (non-hydrogen) atoms. The van der Waals surface area contributed by atoms with Crippen LogP contribution in [0.25, 0.3) is 22.5 Å². The number of aromatic nitrogens is 6. The molecule has 10 nitrogen and oxygen atoms in total. The zero-order valence-electron chi connectivity index (χ0n) is 19.1. The highest BCUT2D eigenvalue weighted by Crippen LogP contribution is 2.27. The van der Waals surface area contributed by atoms with Gasteiger partial charge in [-0.25, -0.2) is 0 Å². The zero-order valence-corrected chi connectivity index (χ0v) is 20.7. The highest BCUT2D eigenvalue weighted by molar-refractivity contribution is 6.99. The van der Waals surface area contributed by atoms with Gasteiger partial charge in [-0.15, -0.1) is 8.75 Å². The summed E-state index contributed by atoms with van der Waals surface area (Å²) in [5.41, 5.74) is 3.25. The van der Waals surface area contributed by atoms with Crippen molar-refractivity contribution in [2.75, 3.05) is 39.6 Å². The SMILES string of the molecule is c1cncc(-c2nsnc2OCCCOCCCOCCCOc2nsnc2-c2cccnc2)c1. The molecule has 0 aliphatic rings. The molecule has 0 aromatic carbocycles. The van der Waals surface area contributed by atoms with E-state index in [1.165, 1.54) is 0 Å². The molecule has 184 valence electrons. The zero-order chi connectivity index (χ0) is 24.0. The molecule has 0 radical (unpaired) electrons. The van der Waals surface area contributed by atoms with Crippen molar-refractivity contribution in [3.8, 4) is 34.3 Å². The summed E-state index contributed by atoms with van der Waals surface area (Å²) in [5, 5.41) is 0. The summed E-state index contributed by atoms with van der Waals surface area (Å²) in [5.74, 6) is 1.08. The summed E-state index contributed by atoms with van der Waals surface area (Å²) in [6.45, 7) is 3.57. The number of pyridine rings is 2. The van der Waals surface area contributed by atoms with E-state index in [0.717, 1.165) is 65.2 Å². The molecule has 0 unspecified atom stereocenters. The Morgan fingerprint density at radius 1 is 0.571 bits per heavy atom. The summed E-state index contributed by atoms with van der Waals surface area (Å²) >= 11 is 2.26. The Hall–Kier alpha value is -3.06. The number of hydrogen-bond donors (Lipinski definition) is 0. The van der Waals surface area contributed by atoms with E-state index in [0.29, 0.717) is 51.4 Å². The minimum absolute atomic E-state index is 0.520. The van der Waals surface area contributed by atoms with E-state index in [4.69, 9.17) is 18.9 Å². The fourth-order valence-electron chi connectivity index (χ4n) is 3.04. The van der Waals surface area contributed by atoms with E-state index in [1.807, 2.05) is 24.3 Å². The third kappa shape index (κ3) is 7.99. The first-order valence-corrected chi connectivity index (χ1v) is 12.7. The Morgan fingerprint density at radius 3 is 1.46 bits per heavy atom. The first kappa shape index (κ1) is 25.0. The van der Waals surface area contributed by atoms with Crippen molar-refractivity contribution in [1.82, 2.24) is 27.5 Å². The third-order valence-corrected chi connectivity index (χ3v) is 5.73. The lowest BCUT2D eigenvalue weighted by atomic mass is 10.2. The quantitative estimate of drug-likeness (QED) is 0.202. The van der Waals surface area contributed by atoms with Crippen molar-refractivity contribution in [2.24, 2.45) is 0 Å². The highest BCUT2D eigenvalue weighted by Gasteiger charge is 2.12. The number of nitrogens with zero attached hydrogens (tertiary/aromatic N) is 6. The van der Waals surface area contributed by atoms with Gasteiger partial charge in [0.05, 0.1) is 36.7 Å². The monoisotopic (exact) mass is 514 g/mol. The molecule has 0 bridgehead atoms. The number of rotatable bonds is 16. The van der Waals surface area contributed by atoms with E-state index < -0.39 is 0 Å². The summed E-state index contributed by atoms with van der Waals surface area (Å²) < 4.78 is 39.8. The van der Waals surface area contributed by atoms with Gasteiger partial charge in [-0.2, -0.15) is 8.75 Å². The summed E-state index contributed by atoms with van der Waals surface area (Å²) in [6, 6.07) is 7.60. The van der Waals surface area contributed by atoms with Crippen LogP contribution in [-0.2, 0) is 9.47 Å². The smallest absolute Gasteiger partial charge is 0.254 e. The van der Waals surface area contributed by atoms with Crippen LogP contribution in [0.3, 0.4) is 0 Å². The fourth-order valence-corrected chi connectivity index (χ4v) is 4.07. The third-order valence-electron chi connectivity index (χ3n) is 4.71. The van der Waals surface area contributed by atoms with Gasteiger partial charge in [0.15, 0.2) is 0 Å². The second-order valence-corrected chi connectivity index (χ2v) is 8.36. The second-order valence-electron chi connectivity index (χ2n) is 7.30. The topological polar surface area (TPSA) is 114 Å². The first-order chi connectivity index (χ1) is 17.4. The summed E-state index contributed by atoms with van der Waals surface area (Å²) in [6.07, 6.45) is 9.33. The Kier molecular flexibility index (Phi) is 10.3. The molecule has 12 heteroatoms. The van der Waals surface area contributed by atoms with Crippen LogP contribution in [0.2, 0.25) is 0 Å². The van der Waals surface area contributed by atoms with Crippen molar-refractivity contribution in [3.05, 3.63) is 49.1 Å². The van der Waals surface area contributed by atoms with Crippen molar-refractivity contribution >= 4 is 23.5 Å². The summed E-state index contributed by atoms with van der Waals surface area (Å²) in [4.78, 5) is 8.22. The average molecular weight is 515 g/mol. The van der Waals surface area contributed by atoms with Gasteiger partial charge >= 0.3 is 0 Å². The molecule has 0 saturated carbocycles. The lowest BCUT2D eigenvalue weighted by Crippen LogP contribution is -2.08. The number of ether oxygens (including phenoxy) is 4. The van der Waals surface area contributed by atoms with Crippen molar-refractivity contribution in [1.29, 1.82) is 0 Å². The normalized spacial score (nSPS) is 11.0. The molecule has 0 aliphatic carbocycles. The molecule has 0 saturated heterocycles. The molecule has 4 aromatic rings. The van der Waals surface area contributed by atoms with Gasteiger partial charge in [-0.3, -0.25) is 9.97 Å². The lowest BCUT2D eigenvalue weighted by molar-refractivity contribution is 0.0728. The molecule has 0 amide bonds. The highest BCUT2D eigenvalue weighted by atomic mass is 32.1. The van der Waals surface area contributed by atoms with Crippen LogP contribution < -0.4 is 9.47 Å². The largest absolute Gasteiger partial charge is 0.475 e. The predicted molar refractivity (Wildman–Crippen MR) is 133 cm³/mol. The van der Waals surface area contributed by atoms with E-state index in [1.54, 1.807) is 24.8 Å². The van der Waals surface area contributed by atoms with Crippen LogP contribution in [0.1, 0.15) is 19.3 Å². The molecule has 0 N–H and O–H groups in total. The summed E-state index contributed by atoms with van der Waals surface area (Å²) in [7, 11) is 0. The van der Waals surface area contributed by atoms with E-state index >= 15 is 0 Å². The standard InChI is InChI=1S/C23H26N6O4S2/c1-6-18(16-24-8-1)20-22(28-34-26-20)32-14-4-12-30-10-3-11-31-13-5-15-33-23-21(27-35-29-23)19-7-2-9-25-17-19/h1-2,6-9,16-17H,3-5,10-15H2. The van der Waals surface area contributed by atoms with Gasteiger partial charge in [-0.05, 0) is 30.7 Å². The van der Waals surface area contributed by atoms with Gasteiger partial charge in [0.1, 0.15) is 11.4 Å². The Morgan fingerprint density at radius 2 is 1.03 bits per heavy atom. The van der Waals surface area contributed by atoms with Gasteiger partial charge in [0, 0.05) is 75.2 Å². The molecule has 0 spiro atoms. The van der Waals surface area contributed by atoms with Crippen LogP contribution >= 0.6 is 23.5 Å². The Bertz CT molecular complexity index is 1030. The maximum Gasteiger partial charge on any atom is 0.254 e. The van der Waals surface area contributed by atoms with E-state index in [2.05, 4.69) is 27.5 Å². The van der Waals surface area contributed by atoms with Crippen molar-refractivity contribution in [3.63, 3.8) is 0 Å². The molecule has 0 aliphatic heterocycles. The van der Waals surface area contributed by atoms with Gasteiger partial charge in [-0.1, -0.05) is 0 Å². The van der Waals surface area contributed by atoms with E-state index in [-0.39, 0.29) is 0 Å². The molecule has 4 rings (SSSR count).